The number of ether oxygens (including phenoxy) is 2. The molecule has 4 heteroatoms. The van der Waals surface area contributed by atoms with Crippen molar-refractivity contribution in [3.63, 3.8) is 0 Å². The van der Waals surface area contributed by atoms with Crippen LogP contribution in [0.15, 0.2) is 41.1 Å². The summed E-state index contributed by atoms with van der Waals surface area (Å²) in [6.07, 6.45) is 6.72. The second-order valence-corrected chi connectivity index (χ2v) is 6.14. The van der Waals surface area contributed by atoms with Crippen LogP contribution in [0.3, 0.4) is 0 Å². The first kappa shape index (κ1) is 17.6. The van der Waals surface area contributed by atoms with Gasteiger partial charge in [-0.3, -0.25) is 0 Å². The molecular formula is C19H23NO2S. The Hall–Kier alpha value is -1.80. The maximum Gasteiger partial charge on any atom is 0.120 e. The van der Waals surface area contributed by atoms with Crippen LogP contribution in [0.5, 0.6) is 5.75 Å². The lowest BCUT2D eigenvalue weighted by atomic mass is 9.97. The van der Waals surface area contributed by atoms with Gasteiger partial charge >= 0.3 is 0 Å². The lowest BCUT2D eigenvalue weighted by Crippen LogP contribution is -2.41. The predicted molar refractivity (Wildman–Crippen MR) is 96.7 cm³/mol. The van der Waals surface area contributed by atoms with Crippen molar-refractivity contribution in [3.05, 3.63) is 41.1 Å². The molecule has 0 saturated carbocycles. The van der Waals surface area contributed by atoms with Crippen molar-refractivity contribution in [1.82, 2.24) is 0 Å². The van der Waals surface area contributed by atoms with Gasteiger partial charge in [-0.15, -0.1) is 12.3 Å². The maximum absolute atomic E-state index is 5.90. The van der Waals surface area contributed by atoms with Crippen molar-refractivity contribution < 1.29 is 9.47 Å². The van der Waals surface area contributed by atoms with E-state index in [1.165, 1.54) is 5.56 Å². The second kappa shape index (κ2) is 8.73. The van der Waals surface area contributed by atoms with E-state index in [0.29, 0.717) is 26.2 Å². The van der Waals surface area contributed by atoms with E-state index in [1.807, 2.05) is 25.1 Å². The van der Waals surface area contributed by atoms with Crippen molar-refractivity contribution in [1.29, 1.82) is 0 Å². The molecule has 0 aliphatic rings. The molecule has 0 aliphatic heterocycles. The summed E-state index contributed by atoms with van der Waals surface area (Å²) in [5, 5.41) is 4.19. The fourth-order valence-electron chi connectivity index (χ4n) is 2.35. The predicted octanol–water partition coefficient (Wildman–Crippen LogP) is 3.94. The number of rotatable bonds is 9. The van der Waals surface area contributed by atoms with Gasteiger partial charge in [-0.25, -0.2) is 0 Å². The van der Waals surface area contributed by atoms with Gasteiger partial charge in [0.25, 0.3) is 0 Å². The summed E-state index contributed by atoms with van der Waals surface area (Å²) in [6, 6.07) is 10.2. The van der Waals surface area contributed by atoms with E-state index >= 15 is 0 Å². The molecule has 0 radical (unpaired) electrons. The van der Waals surface area contributed by atoms with E-state index in [2.05, 4.69) is 28.8 Å². The minimum absolute atomic E-state index is 0.418. The average molecular weight is 329 g/mol. The Morgan fingerprint density at radius 2 is 2.13 bits per heavy atom. The number of hydrogen-bond acceptors (Lipinski definition) is 4. The quantitative estimate of drug-likeness (QED) is 0.560. The third kappa shape index (κ3) is 4.84. The van der Waals surface area contributed by atoms with Gasteiger partial charge < -0.3 is 15.2 Å². The summed E-state index contributed by atoms with van der Waals surface area (Å²) in [6.45, 7) is 3.39. The minimum atomic E-state index is -0.434. The Bertz CT molecular complexity index is 627. The summed E-state index contributed by atoms with van der Waals surface area (Å²) >= 11 is 1.69. The summed E-state index contributed by atoms with van der Waals surface area (Å²) < 4.78 is 11.7. The van der Waals surface area contributed by atoms with Gasteiger partial charge in [-0.1, -0.05) is 19.1 Å². The highest BCUT2D eigenvalue weighted by molar-refractivity contribution is 7.08. The van der Waals surface area contributed by atoms with Crippen LogP contribution in [0, 0.1) is 12.3 Å². The van der Waals surface area contributed by atoms with E-state index in [9.17, 15) is 0 Å². The van der Waals surface area contributed by atoms with Crippen molar-refractivity contribution in [3.8, 4) is 29.2 Å². The van der Waals surface area contributed by atoms with Crippen molar-refractivity contribution in [2.45, 2.75) is 25.4 Å². The topological polar surface area (TPSA) is 44.5 Å². The summed E-state index contributed by atoms with van der Waals surface area (Å²) in [4.78, 5) is 0. The van der Waals surface area contributed by atoms with E-state index in [1.54, 1.807) is 11.3 Å². The first-order chi connectivity index (χ1) is 11.2. The number of nitrogens with two attached hydrogens (primary N) is 1. The number of benzene rings is 1. The molecule has 1 unspecified atom stereocenters. The third-order valence-corrected chi connectivity index (χ3v) is 4.57. The standard InChI is InChI=1S/C19H23NO2S/c1-3-9-19(4-2,15-20)22-11-10-21-18-7-5-6-16(13-18)17-8-12-23-14-17/h1,5-8,12-14H,4,9-11,15,20H2,2H3. The molecule has 0 fully saturated rings. The molecule has 2 rings (SSSR count). The number of terminal acetylenes is 1. The SMILES string of the molecule is C#CCC(CC)(CN)OCCOc1cccc(-c2ccsc2)c1. The van der Waals surface area contributed by atoms with Crippen molar-refractivity contribution >= 4 is 11.3 Å². The first-order valence-electron chi connectivity index (χ1n) is 7.76. The molecule has 0 spiro atoms. The lowest BCUT2D eigenvalue weighted by Gasteiger charge is -2.29. The highest BCUT2D eigenvalue weighted by Gasteiger charge is 2.26. The Labute approximate surface area is 142 Å². The van der Waals surface area contributed by atoms with Crippen LogP contribution >= 0.6 is 11.3 Å². The van der Waals surface area contributed by atoms with Gasteiger partial charge in [0.15, 0.2) is 0 Å². The molecule has 2 aromatic rings. The first-order valence-corrected chi connectivity index (χ1v) is 8.70. The number of hydrogen-bond donors (Lipinski definition) is 1. The Morgan fingerprint density at radius 1 is 1.26 bits per heavy atom. The Balaban J connectivity index is 1.87. The highest BCUT2D eigenvalue weighted by Crippen LogP contribution is 2.26. The monoisotopic (exact) mass is 329 g/mol. The normalized spacial score (nSPS) is 13.3. The second-order valence-electron chi connectivity index (χ2n) is 5.36. The summed E-state index contributed by atoms with van der Waals surface area (Å²) in [5.41, 5.74) is 7.74. The molecule has 2 N–H and O–H groups in total. The molecule has 0 aliphatic carbocycles. The van der Waals surface area contributed by atoms with Gasteiger partial charge in [-0.2, -0.15) is 11.3 Å². The molecule has 1 aromatic carbocycles. The lowest BCUT2D eigenvalue weighted by molar-refractivity contribution is -0.0481. The molecule has 0 bridgehead atoms. The molecule has 122 valence electrons. The highest BCUT2D eigenvalue weighted by atomic mass is 32.1. The fraction of sp³-hybridized carbons (Fsp3) is 0.368. The van der Waals surface area contributed by atoms with Crippen LogP contribution in [0.2, 0.25) is 0 Å². The zero-order valence-electron chi connectivity index (χ0n) is 13.5. The van der Waals surface area contributed by atoms with Crippen LogP contribution in [0.25, 0.3) is 11.1 Å². The van der Waals surface area contributed by atoms with Crippen LogP contribution in [0.4, 0.5) is 0 Å². The largest absolute Gasteiger partial charge is 0.491 e. The van der Waals surface area contributed by atoms with E-state index in [0.717, 1.165) is 17.7 Å². The molecule has 1 heterocycles. The smallest absolute Gasteiger partial charge is 0.120 e. The van der Waals surface area contributed by atoms with Crippen molar-refractivity contribution in [2.24, 2.45) is 5.73 Å². The van der Waals surface area contributed by atoms with Crippen LogP contribution in [-0.4, -0.2) is 25.4 Å². The molecule has 3 nitrogen and oxygen atoms in total. The number of thiophene rings is 1. The molecular weight excluding hydrogens is 306 g/mol. The van der Waals surface area contributed by atoms with E-state index in [4.69, 9.17) is 21.6 Å². The Kier molecular flexibility index (Phi) is 6.66. The zero-order chi connectivity index (χ0) is 16.5. The van der Waals surface area contributed by atoms with Gasteiger partial charge in [0, 0.05) is 13.0 Å². The van der Waals surface area contributed by atoms with Crippen molar-refractivity contribution in [2.75, 3.05) is 19.8 Å². The molecule has 0 amide bonds. The third-order valence-electron chi connectivity index (χ3n) is 3.89. The van der Waals surface area contributed by atoms with E-state index in [-0.39, 0.29) is 0 Å². The van der Waals surface area contributed by atoms with Gasteiger partial charge in [-0.05, 0) is 46.5 Å². The molecule has 1 atom stereocenters. The zero-order valence-corrected chi connectivity index (χ0v) is 14.3. The van der Waals surface area contributed by atoms with E-state index < -0.39 is 5.60 Å². The van der Waals surface area contributed by atoms with Gasteiger partial charge in [0.2, 0.25) is 0 Å². The Morgan fingerprint density at radius 3 is 2.78 bits per heavy atom. The summed E-state index contributed by atoms with van der Waals surface area (Å²) in [7, 11) is 0. The molecule has 1 aromatic heterocycles. The maximum atomic E-state index is 5.90. The van der Waals surface area contributed by atoms with Crippen LogP contribution < -0.4 is 10.5 Å². The molecule has 0 saturated heterocycles. The fourth-order valence-corrected chi connectivity index (χ4v) is 3.02. The van der Waals surface area contributed by atoms with Gasteiger partial charge in [0.1, 0.15) is 12.4 Å². The van der Waals surface area contributed by atoms with Crippen LogP contribution in [-0.2, 0) is 4.74 Å². The average Bonchev–Trinajstić information content (AvgIpc) is 3.13. The van der Waals surface area contributed by atoms with Crippen LogP contribution in [0.1, 0.15) is 19.8 Å². The van der Waals surface area contributed by atoms with Gasteiger partial charge in [0.05, 0.1) is 12.2 Å². The summed E-state index contributed by atoms with van der Waals surface area (Å²) in [5.74, 6) is 3.48. The molecule has 23 heavy (non-hydrogen) atoms. The minimum Gasteiger partial charge on any atom is -0.491 e.